The van der Waals surface area contributed by atoms with E-state index < -0.39 is 0 Å². The summed E-state index contributed by atoms with van der Waals surface area (Å²) >= 11 is 0. The molecule has 0 spiro atoms. The lowest BCUT2D eigenvalue weighted by Crippen LogP contribution is -2.53. The Morgan fingerprint density at radius 3 is 3.00 bits per heavy atom. The fourth-order valence-electron chi connectivity index (χ4n) is 3.14. The summed E-state index contributed by atoms with van der Waals surface area (Å²) in [6.07, 6.45) is 2.00. The predicted octanol–water partition coefficient (Wildman–Crippen LogP) is 0.864. The van der Waals surface area contributed by atoms with Gasteiger partial charge in [-0.05, 0) is 48.4 Å². The van der Waals surface area contributed by atoms with E-state index in [2.05, 4.69) is 26.2 Å². The van der Waals surface area contributed by atoms with Crippen molar-refractivity contribution >= 4 is 11.6 Å². The lowest BCUT2D eigenvalue weighted by molar-refractivity contribution is -0.123. The number of anilines is 1. The van der Waals surface area contributed by atoms with Gasteiger partial charge in [0.25, 0.3) is 0 Å². The molecule has 0 radical (unpaired) electrons. The average Bonchev–Trinajstić information content (AvgIpc) is 3.38. The van der Waals surface area contributed by atoms with Gasteiger partial charge in [-0.1, -0.05) is 0 Å². The number of tetrazole rings is 1. The molecule has 1 saturated heterocycles. The van der Waals surface area contributed by atoms with Gasteiger partial charge in [-0.2, -0.15) is 4.68 Å². The summed E-state index contributed by atoms with van der Waals surface area (Å²) in [6, 6.07) is 5.05. The van der Waals surface area contributed by atoms with Crippen LogP contribution in [0.1, 0.15) is 31.5 Å². The highest BCUT2D eigenvalue weighted by Crippen LogP contribution is 2.40. The lowest BCUT2D eigenvalue weighted by atomic mass is 10.1. The van der Waals surface area contributed by atoms with Crippen molar-refractivity contribution in [3.63, 3.8) is 0 Å². The minimum Gasteiger partial charge on any atom is -0.494 e. The zero-order valence-corrected chi connectivity index (χ0v) is 14.8. The molecule has 1 saturated carbocycles. The average molecular weight is 358 g/mol. The first-order chi connectivity index (χ1) is 12.7. The number of hydrogen-bond donors (Lipinski definition) is 2. The third-order valence-corrected chi connectivity index (χ3v) is 4.71. The highest BCUT2D eigenvalue weighted by Gasteiger charge is 2.31. The van der Waals surface area contributed by atoms with Crippen molar-refractivity contribution in [3.05, 3.63) is 24.0 Å². The van der Waals surface area contributed by atoms with Crippen molar-refractivity contribution in [1.29, 1.82) is 0 Å². The molecule has 2 fully saturated rings. The third-order valence-electron chi connectivity index (χ3n) is 4.71. The number of carbonyl (C=O) groups is 1. The molecule has 2 aromatic rings. The van der Waals surface area contributed by atoms with Crippen molar-refractivity contribution in [3.8, 4) is 11.4 Å². The van der Waals surface area contributed by atoms with E-state index in [0.717, 1.165) is 18.7 Å². The second kappa shape index (κ2) is 7.00. The van der Waals surface area contributed by atoms with Gasteiger partial charge in [0, 0.05) is 18.2 Å². The first-order valence-electron chi connectivity index (χ1n) is 8.80. The molecule has 26 heavy (non-hydrogen) atoms. The predicted molar refractivity (Wildman–Crippen MR) is 93.5 cm³/mol. The number of carbonyl (C=O) groups excluding carboxylic acids is 1. The first-order valence-corrected chi connectivity index (χ1v) is 8.80. The number of ether oxygens (including phenoxy) is 2. The molecule has 1 aliphatic heterocycles. The van der Waals surface area contributed by atoms with Crippen molar-refractivity contribution in [2.75, 3.05) is 25.6 Å². The van der Waals surface area contributed by atoms with Crippen LogP contribution < -0.4 is 15.4 Å². The Morgan fingerprint density at radius 1 is 1.42 bits per heavy atom. The molecule has 1 aromatic heterocycles. The molecule has 2 atom stereocenters. The molecule has 2 N–H and O–H groups in total. The normalized spacial score (nSPS) is 22.8. The molecule has 2 heterocycles. The van der Waals surface area contributed by atoms with Gasteiger partial charge >= 0.3 is 0 Å². The van der Waals surface area contributed by atoms with Crippen LogP contribution in [0.2, 0.25) is 0 Å². The standard InChI is InChI=1S/C17H22N6O3/c1-10-15(18-7-8-26-10)17(24)19-12-5-6-14(25-2)13(9-12)23-16(11-3-4-11)20-21-22-23/h5-6,9-11,15,18H,3-4,7-8H2,1-2H3,(H,19,24)/t10-,15+/m1/s1. The smallest absolute Gasteiger partial charge is 0.244 e. The van der Waals surface area contributed by atoms with E-state index in [1.54, 1.807) is 23.9 Å². The van der Waals surface area contributed by atoms with Gasteiger partial charge in [0.2, 0.25) is 5.91 Å². The maximum atomic E-state index is 12.6. The molecule has 138 valence electrons. The minimum absolute atomic E-state index is 0.132. The van der Waals surface area contributed by atoms with Gasteiger partial charge in [0.1, 0.15) is 17.5 Å². The monoisotopic (exact) mass is 358 g/mol. The maximum Gasteiger partial charge on any atom is 0.244 e. The van der Waals surface area contributed by atoms with Crippen LogP contribution in [0.4, 0.5) is 5.69 Å². The number of amides is 1. The molecule has 1 amide bonds. The van der Waals surface area contributed by atoms with Gasteiger partial charge in [0.15, 0.2) is 5.82 Å². The number of rotatable bonds is 5. The zero-order chi connectivity index (χ0) is 18.1. The van der Waals surface area contributed by atoms with Crippen LogP contribution in [0.3, 0.4) is 0 Å². The Hall–Kier alpha value is -2.52. The fourth-order valence-corrected chi connectivity index (χ4v) is 3.14. The van der Waals surface area contributed by atoms with Crippen LogP contribution in [0.15, 0.2) is 18.2 Å². The molecular weight excluding hydrogens is 336 g/mol. The summed E-state index contributed by atoms with van der Waals surface area (Å²) in [4.78, 5) is 12.6. The van der Waals surface area contributed by atoms with E-state index in [4.69, 9.17) is 9.47 Å². The van der Waals surface area contributed by atoms with Crippen LogP contribution >= 0.6 is 0 Å². The lowest BCUT2D eigenvalue weighted by Gasteiger charge is -2.29. The largest absolute Gasteiger partial charge is 0.494 e. The fraction of sp³-hybridized carbons (Fsp3) is 0.529. The summed E-state index contributed by atoms with van der Waals surface area (Å²) in [5.41, 5.74) is 1.36. The summed E-state index contributed by atoms with van der Waals surface area (Å²) in [6.45, 7) is 3.16. The Morgan fingerprint density at radius 2 is 2.27 bits per heavy atom. The Bertz CT molecular complexity index is 804. The summed E-state index contributed by atoms with van der Waals surface area (Å²) < 4.78 is 12.7. The quantitative estimate of drug-likeness (QED) is 0.817. The van der Waals surface area contributed by atoms with Crippen LogP contribution in [-0.4, -0.2) is 58.5 Å². The van der Waals surface area contributed by atoms with E-state index >= 15 is 0 Å². The molecule has 9 heteroatoms. The SMILES string of the molecule is COc1ccc(NC(=O)[C@H]2NCCO[C@@H]2C)cc1-n1nnnc1C1CC1. The summed E-state index contributed by atoms with van der Waals surface area (Å²) in [7, 11) is 1.60. The van der Waals surface area contributed by atoms with Gasteiger partial charge in [-0.3, -0.25) is 4.79 Å². The van der Waals surface area contributed by atoms with Crippen molar-refractivity contribution in [2.45, 2.75) is 37.8 Å². The van der Waals surface area contributed by atoms with Gasteiger partial charge in [-0.25, -0.2) is 0 Å². The van der Waals surface area contributed by atoms with Crippen molar-refractivity contribution in [2.24, 2.45) is 0 Å². The van der Waals surface area contributed by atoms with E-state index in [1.807, 2.05) is 13.0 Å². The summed E-state index contributed by atoms with van der Waals surface area (Å²) in [5.74, 6) is 1.72. The summed E-state index contributed by atoms with van der Waals surface area (Å²) in [5, 5.41) is 18.2. The molecule has 4 rings (SSSR count). The molecule has 0 unspecified atom stereocenters. The van der Waals surface area contributed by atoms with E-state index in [0.29, 0.717) is 36.2 Å². The molecule has 2 aliphatic rings. The number of methoxy groups -OCH3 is 1. The molecule has 1 aliphatic carbocycles. The van der Waals surface area contributed by atoms with Crippen LogP contribution in [0, 0.1) is 0 Å². The van der Waals surface area contributed by atoms with Crippen molar-refractivity contribution in [1.82, 2.24) is 25.5 Å². The van der Waals surface area contributed by atoms with E-state index in [1.165, 1.54) is 0 Å². The first kappa shape index (κ1) is 16.9. The maximum absolute atomic E-state index is 12.6. The number of hydrogen-bond acceptors (Lipinski definition) is 7. The zero-order valence-electron chi connectivity index (χ0n) is 14.8. The second-order valence-corrected chi connectivity index (χ2v) is 6.61. The van der Waals surface area contributed by atoms with Crippen LogP contribution in [-0.2, 0) is 9.53 Å². The van der Waals surface area contributed by atoms with E-state index in [9.17, 15) is 4.79 Å². The Labute approximate surface area is 151 Å². The Kier molecular flexibility index (Phi) is 4.56. The second-order valence-electron chi connectivity index (χ2n) is 6.61. The van der Waals surface area contributed by atoms with Crippen LogP contribution in [0.5, 0.6) is 5.75 Å². The Balaban J connectivity index is 1.60. The molecule has 0 bridgehead atoms. The highest BCUT2D eigenvalue weighted by molar-refractivity contribution is 5.95. The van der Waals surface area contributed by atoms with Gasteiger partial charge in [0.05, 0.1) is 19.8 Å². The minimum atomic E-state index is -0.385. The van der Waals surface area contributed by atoms with Crippen LogP contribution in [0.25, 0.3) is 5.69 Å². The molecule has 9 nitrogen and oxygen atoms in total. The van der Waals surface area contributed by atoms with Gasteiger partial charge < -0.3 is 20.1 Å². The molecular formula is C17H22N6O3. The number of nitrogens with zero attached hydrogens (tertiary/aromatic N) is 4. The molecule has 1 aromatic carbocycles. The highest BCUT2D eigenvalue weighted by atomic mass is 16.5. The van der Waals surface area contributed by atoms with Crippen molar-refractivity contribution < 1.29 is 14.3 Å². The van der Waals surface area contributed by atoms with E-state index in [-0.39, 0.29) is 18.1 Å². The number of nitrogens with one attached hydrogen (secondary N) is 2. The number of aromatic nitrogens is 4. The number of morpholine rings is 1. The third kappa shape index (κ3) is 3.27. The number of benzene rings is 1. The van der Waals surface area contributed by atoms with Gasteiger partial charge in [-0.15, -0.1) is 5.10 Å². The topological polar surface area (TPSA) is 103 Å².